The molecule has 0 aliphatic carbocycles. The van der Waals surface area contributed by atoms with Crippen LogP contribution < -0.4 is 5.32 Å². The molecule has 0 atom stereocenters. The van der Waals surface area contributed by atoms with Crippen molar-refractivity contribution in [2.24, 2.45) is 0 Å². The van der Waals surface area contributed by atoms with Gasteiger partial charge in [-0.15, -0.1) is 0 Å². The molecule has 2 rings (SSSR count). The summed E-state index contributed by atoms with van der Waals surface area (Å²) in [6, 6.07) is 13.7. The quantitative estimate of drug-likeness (QED) is 0.920. The van der Waals surface area contributed by atoms with Gasteiger partial charge in [0.2, 0.25) is 5.91 Å². The number of carbonyl (C=O) groups excluding carboxylic acids is 1. The Morgan fingerprint density at radius 2 is 2.11 bits per heavy atom. The Morgan fingerprint density at radius 3 is 2.84 bits per heavy atom. The van der Waals surface area contributed by atoms with Crippen LogP contribution in [0.25, 0.3) is 0 Å². The monoisotopic (exact) mass is 318 g/mol. The number of rotatable bonds is 5. The van der Waals surface area contributed by atoms with Crippen LogP contribution in [0.5, 0.6) is 0 Å². The van der Waals surface area contributed by atoms with Crippen molar-refractivity contribution in [2.45, 2.75) is 19.4 Å². The largest absolute Gasteiger partial charge is 0.350 e. The van der Waals surface area contributed by atoms with Crippen LogP contribution >= 0.6 is 15.9 Å². The van der Waals surface area contributed by atoms with Crippen molar-refractivity contribution in [1.82, 2.24) is 10.3 Å². The van der Waals surface area contributed by atoms with E-state index in [-0.39, 0.29) is 5.91 Å². The number of carbonyl (C=O) groups is 1. The molecular weight excluding hydrogens is 304 g/mol. The molecule has 1 aromatic carbocycles. The van der Waals surface area contributed by atoms with Gasteiger partial charge in [0.1, 0.15) is 0 Å². The molecule has 0 bridgehead atoms. The zero-order valence-corrected chi connectivity index (χ0v) is 12.1. The number of hydrogen-bond donors (Lipinski definition) is 1. The van der Waals surface area contributed by atoms with Gasteiger partial charge in [-0.05, 0) is 36.2 Å². The fourth-order valence-corrected chi connectivity index (χ4v) is 2.18. The lowest BCUT2D eigenvalue weighted by molar-refractivity contribution is -0.121. The Kier molecular flexibility index (Phi) is 5.10. The van der Waals surface area contributed by atoms with Gasteiger partial charge in [0.05, 0.1) is 12.2 Å². The van der Waals surface area contributed by atoms with E-state index in [1.807, 2.05) is 42.5 Å². The molecule has 4 heteroatoms. The molecular formula is C15H15BrN2O. The standard InChI is InChI=1S/C15H15BrN2O/c16-13-5-3-4-12(10-13)7-8-15(19)18-11-14-6-1-2-9-17-14/h1-6,9-10H,7-8,11H2,(H,18,19). The first-order chi connectivity index (χ1) is 9.24. The van der Waals surface area contributed by atoms with E-state index in [0.29, 0.717) is 13.0 Å². The van der Waals surface area contributed by atoms with Crippen molar-refractivity contribution in [3.05, 3.63) is 64.4 Å². The maximum absolute atomic E-state index is 11.7. The molecule has 0 spiro atoms. The average Bonchev–Trinajstić information content (AvgIpc) is 2.44. The molecule has 3 nitrogen and oxygen atoms in total. The molecule has 0 aliphatic heterocycles. The molecule has 1 heterocycles. The van der Waals surface area contributed by atoms with E-state index in [4.69, 9.17) is 0 Å². The second-order valence-corrected chi connectivity index (χ2v) is 5.14. The fourth-order valence-electron chi connectivity index (χ4n) is 1.73. The van der Waals surface area contributed by atoms with Crippen LogP contribution in [-0.2, 0) is 17.8 Å². The van der Waals surface area contributed by atoms with E-state index in [1.165, 1.54) is 0 Å². The molecule has 19 heavy (non-hydrogen) atoms. The lowest BCUT2D eigenvalue weighted by Gasteiger charge is -2.05. The number of aryl methyl sites for hydroxylation is 1. The van der Waals surface area contributed by atoms with E-state index >= 15 is 0 Å². The maximum atomic E-state index is 11.7. The van der Waals surface area contributed by atoms with E-state index in [2.05, 4.69) is 26.2 Å². The highest BCUT2D eigenvalue weighted by Gasteiger charge is 2.03. The molecule has 1 aromatic heterocycles. The Labute approximate surface area is 121 Å². The zero-order valence-electron chi connectivity index (χ0n) is 10.5. The van der Waals surface area contributed by atoms with Gasteiger partial charge >= 0.3 is 0 Å². The van der Waals surface area contributed by atoms with Gasteiger partial charge in [-0.3, -0.25) is 9.78 Å². The van der Waals surface area contributed by atoms with Gasteiger partial charge in [-0.1, -0.05) is 34.1 Å². The molecule has 1 amide bonds. The average molecular weight is 319 g/mol. The summed E-state index contributed by atoms with van der Waals surface area (Å²) in [5, 5.41) is 2.87. The number of pyridine rings is 1. The van der Waals surface area contributed by atoms with Gasteiger partial charge in [0.15, 0.2) is 0 Å². The van der Waals surface area contributed by atoms with Gasteiger partial charge < -0.3 is 5.32 Å². The minimum atomic E-state index is 0.0469. The van der Waals surface area contributed by atoms with Crippen LogP contribution in [0.4, 0.5) is 0 Å². The van der Waals surface area contributed by atoms with Crippen molar-refractivity contribution in [2.75, 3.05) is 0 Å². The zero-order chi connectivity index (χ0) is 13.5. The van der Waals surface area contributed by atoms with Crippen molar-refractivity contribution in [1.29, 1.82) is 0 Å². The third-order valence-electron chi connectivity index (χ3n) is 2.72. The van der Waals surface area contributed by atoms with Crippen molar-refractivity contribution < 1.29 is 4.79 Å². The summed E-state index contributed by atoms with van der Waals surface area (Å²) >= 11 is 3.42. The molecule has 0 aliphatic rings. The number of benzene rings is 1. The molecule has 0 saturated heterocycles. The summed E-state index contributed by atoms with van der Waals surface area (Å²) in [5.41, 5.74) is 2.03. The smallest absolute Gasteiger partial charge is 0.220 e. The lowest BCUT2D eigenvalue weighted by Crippen LogP contribution is -2.23. The van der Waals surface area contributed by atoms with E-state index in [1.54, 1.807) is 6.20 Å². The predicted molar refractivity (Wildman–Crippen MR) is 78.5 cm³/mol. The predicted octanol–water partition coefficient (Wildman–Crippen LogP) is 3.09. The first kappa shape index (κ1) is 13.7. The second kappa shape index (κ2) is 7.04. The van der Waals surface area contributed by atoms with Crippen molar-refractivity contribution in [3.8, 4) is 0 Å². The van der Waals surface area contributed by atoms with E-state index in [0.717, 1.165) is 22.2 Å². The highest BCUT2D eigenvalue weighted by Crippen LogP contribution is 2.12. The molecule has 2 aromatic rings. The Hall–Kier alpha value is -1.68. The van der Waals surface area contributed by atoms with Crippen LogP contribution in [0.15, 0.2) is 53.1 Å². The Bertz CT molecular complexity index is 543. The van der Waals surface area contributed by atoms with E-state index < -0.39 is 0 Å². The first-order valence-corrected chi connectivity index (χ1v) is 6.94. The van der Waals surface area contributed by atoms with Crippen molar-refractivity contribution in [3.63, 3.8) is 0 Å². The summed E-state index contributed by atoms with van der Waals surface area (Å²) in [4.78, 5) is 15.9. The second-order valence-electron chi connectivity index (χ2n) is 4.23. The SMILES string of the molecule is O=C(CCc1cccc(Br)c1)NCc1ccccn1. The number of nitrogens with one attached hydrogen (secondary N) is 1. The topological polar surface area (TPSA) is 42.0 Å². The molecule has 0 unspecified atom stereocenters. The van der Waals surface area contributed by atoms with Gasteiger partial charge in [0.25, 0.3) is 0 Å². The third-order valence-corrected chi connectivity index (χ3v) is 3.22. The summed E-state index contributed by atoms with van der Waals surface area (Å²) < 4.78 is 1.04. The number of hydrogen-bond acceptors (Lipinski definition) is 2. The normalized spacial score (nSPS) is 10.2. The number of amides is 1. The highest BCUT2D eigenvalue weighted by atomic mass is 79.9. The van der Waals surface area contributed by atoms with Crippen LogP contribution in [-0.4, -0.2) is 10.9 Å². The minimum absolute atomic E-state index is 0.0469. The summed E-state index contributed by atoms with van der Waals surface area (Å²) in [7, 11) is 0. The summed E-state index contributed by atoms with van der Waals surface area (Å²) in [6.07, 6.45) is 2.96. The highest BCUT2D eigenvalue weighted by molar-refractivity contribution is 9.10. The van der Waals surface area contributed by atoms with Gasteiger partial charge in [0, 0.05) is 17.1 Å². The number of aromatic nitrogens is 1. The van der Waals surface area contributed by atoms with Crippen LogP contribution in [0, 0.1) is 0 Å². The third kappa shape index (κ3) is 4.83. The molecule has 0 radical (unpaired) electrons. The summed E-state index contributed by atoms with van der Waals surface area (Å²) in [6.45, 7) is 0.484. The van der Waals surface area contributed by atoms with Gasteiger partial charge in [-0.25, -0.2) is 0 Å². The van der Waals surface area contributed by atoms with Crippen LogP contribution in [0.3, 0.4) is 0 Å². The minimum Gasteiger partial charge on any atom is -0.350 e. The van der Waals surface area contributed by atoms with Crippen molar-refractivity contribution >= 4 is 21.8 Å². The fraction of sp³-hybridized carbons (Fsp3) is 0.200. The molecule has 1 N–H and O–H groups in total. The van der Waals surface area contributed by atoms with Crippen LogP contribution in [0.2, 0.25) is 0 Å². The maximum Gasteiger partial charge on any atom is 0.220 e. The van der Waals surface area contributed by atoms with Gasteiger partial charge in [-0.2, -0.15) is 0 Å². The lowest BCUT2D eigenvalue weighted by atomic mass is 10.1. The Balaban J connectivity index is 1.76. The molecule has 0 fully saturated rings. The molecule has 98 valence electrons. The molecule has 0 saturated carbocycles. The number of halogens is 1. The number of nitrogens with zero attached hydrogens (tertiary/aromatic N) is 1. The van der Waals surface area contributed by atoms with Crippen LogP contribution in [0.1, 0.15) is 17.7 Å². The first-order valence-electron chi connectivity index (χ1n) is 6.15. The Morgan fingerprint density at radius 1 is 1.21 bits per heavy atom. The summed E-state index contributed by atoms with van der Waals surface area (Å²) in [5.74, 6) is 0.0469. The van der Waals surface area contributed by atoms with E-state index in [9.17, 15) is 4.79 Å².